The van der Waals surface area contributed by atoms with E-state index >= 15 is 0 Å². The van der Waals surface area contributed by atoms with E-state index in [1.165, 1.54) is 11.8 Å². The van der Waals surface area contributed by atoms with Gasteiger partial charge in [-0.1, -0.05) is 60.7 Å². The van der Waals surface area contributed by atoms with E-state index in [-0.39, 0.29) is 17.4 Å². The zero-order valence-electron chi connectivity index (χ0n) is 13.5. The van der Waals surface area contributed by atoms with Gasteiger partial charge >= 0.3 is 0 Å². The van der Waals surface area contributed by atoms with Gasteiger partial charge in [-0.25, -0.2) is 0 Å². The molecule has 3 rings (SSSR count). The van der Waals surface area contributed by atoms with Gasteiger partial charge in [-0.2, -0.15) is 0 Å². The minimum Gasteiger partial charge on any atom is -0.325 e. The van der Waals surface area contributed by atoms with Crippen LogP contribution in [-0.4, -0.2) is 17.4 Å². The van der Waals surface area contributed by atoms with Crippen LogP contribution in [0.15, 0.2) is 89.8 Å². The van der Waals surface area contributed by atoms with Crippen molar-refractivity contribution >= 4 is 29.1 Å². The molecule has 0 heterocycles. The Bertz CT molecular complexity index is 863. The smallest absolute Gasteiger partial charge is 0.234 e. The molecule has 0 fully saturated rings. The Labute approximate surface area is 151 Å². The Balaban J connectivity index is 1.70. The molecule has 3 aromatic carbocycles. The number of hydrogen-bond acceptors (Lipinski definition) is 3. The van der Waals surface area contributed by atoms with Crippen LogP contribution in [-0.2, 0) is 4.79 Å². The standard InChI is InChI=1S/C21H17NO2S/c23-20(15-25-17-11-5-2-6-12-17)22-19-14-8-7-13-18(19)21(24)16-9-3-1-4-10-16/h1-14H,15H2,(H,22,23). The van der Waals surface area contributed by atoms with Crippen molar-refractivity contribution in [2.24, 2.45) is 0 Å². The number of benzene rings is 3. The summed E-state index contributed by atoms with van der Waals surface area (Å²) in [5, 5.41) is 2.85. The van der Waals surface area contributed by atoms with E-state index in [9.17, 15) is 9.59 Å². The molecule has 0 atom stereocenters. The molecule has 0 unspecified atom stereocenters. The molecule has 0 bridgehead atoms. The first-order valence-corrected chi connectivity index (χ1v) is 8.89. The van der Waals surface area contributed by atoms with E-state index in [0.29, 0.717) is 16.8 Å². The van der Waals surface area contributed by atoms with Crippen LogP contribution in [0.1, 0.15) is 15.9 Å². The van der Waals surface area contributed by atoms with Crippen molar-refractivity contribution in [2.45, 2.75) is 4.90 Å². The molecule has 3 nitrogen and oxygen atoms in total. The normalized spacial score (nSPS) is 10.2. The number of rotatable bonds is 6. The van der Waals surface area contributed by atoms with Crippen LogP contribution >= 0.6 is 11.8 Å². The molecule has 0 saturated heterocycles. The minimum atomic E-state index is -0.137. The van der Waals surface area contributed by atoms with E-state index in [0.717, 1.165) is 4.90 Å². The van der Waals surface area contributed by atoms with E-state index in [4.69, 9.17) is 0 Å². The lowest BCUT2D eigenvalue weighted by Crippen LogP contribution is -2.16. The van der Waals surface area contributed by atoms with Crippen LogP contribution in [0.3, 0.4) is 0 Å². The molecule has 0 aromatic heterocycles. The average Bonchev–Trinajstić information content (AvgIpc) is 2.68. The topological polar surface area (TPSA) is 46.2 Å². The Morgan fingerprint density at radius 2 is 1.36 bits per heavy atom. The van der Waals surface area contributed by atoms with Crippen LogP contribution in [0.5, 0.6) is 0 Å². The zero-order chi connectivity index (χ0) is 17.5. The molecule has 124 valence electrons. The third-order valence-corrected chi connectivity index (χ3v) is 4.61. The average molecular weight is 347 g/mol. The zero-order valence-corrected chi connectivity index (χ0v) is 14.3. The number of amides is 1. The summed E-state index contributed by atoms with van der Waals surface area (Å²) in [4.78, 5) is 26.0. The first-order chi connectivity index (χ1) is 12.2. The summed E-state index contributed by atoms with van der Waals surface area (Å²) >= 11 is 1.46. The summed E-state index contributed by atoms with van der Waals surface area (Å²) in [5.41, 5.74) is 1.63. The number of para-hydroxylation sites is 1. The first-order valence-electron chi connectivity index (χ1n) is 7.90. The first kappa shape index (κ1) is 17.0. The van der Waals surface area contributed by atoms with Crippen LogP contribution in [0.2, 0.25) is 0 Å². The van der Waals surface area contributed by atoms with Gasteiger partial charge < -0.3 is 5.32 Å². The maximum atomic E-state index is 12.7. The van der Waals surface area contributed by atoms with Gasteiger partial charge in [0.05, 0.1) is 11.4 Å². The van der Waals surface area contributed by atoms with Gasteiger partial charge in [0.25, 0.3) is 0 Å². The number of anilines is 1. The highest BCUT2D eigenvalue weighted by molar-refractivity contribution is 8.00. The fourth-order valence-electron chi connectivity index (χ4n) is 2.39. The van der Waals surface area contributed by atoms with Crippen molar-refractivity contribution in [1.29, 1.82) is 0 Å². The number of thioether (sulfide) groups is 1. The van der Waals surface area contributed by atoms with Gasteiger partial charge in [0.1, 0.15) is 0 Å². The van der Waals surface area contributed by atoms with Crippen molar-refractivity contribution in [3.63, 3.8) is 0 Å². The Morgan fingerprint density at radius 1 is 0.760 bits per heavy atom. The monoisotopic (exact) mass is 347 g/mol. The lowest BCUT2D eigenvalue weighted by Gasteiger charge is -2.10. The summed E-state index contributed by atoms with van der Waals surface area (Å²) < 4.78 is 0. The quantitative estimate of drug-likeness (QED) is 0.521. The highest BCUT2D eigenvalue weighted by Gasteiger charge is 2.14. The summed E-state index contributed by atoms with van der Waals surface area (Å²) in [5.74, 6) is 0.0482. The van der Waals surface area contributed by atoms with Crippen molar-refractivity contribution < 1.29 is 9.59 Å². The maximum Gasteiger partial charge on any atom is 0.234 e. The second kappa shape index (κ2) is 8.31. The van der Waals surface area contributed by atoms with E-state index in [1.54, 1.807) is 30.3 Å². The molecule has 0 aliphatic heterocycles. The van der Waals surface area contributed by atoms with Crippen molar-refractivity contribution in [1.82, 2.24) is 0 Å². The highest BCUT2D eigenvalue weighted by Crippen LogP contribution is 2.21. The van der Waals surface area contributed by atoms with Gasteiger partial charge in [0.15, 0.2) is 5.78 Å². The van der Waals surface area contributed by atoms with E-state index < -0.39 is 0 Å². The molecule has 25 heavy (non-hydrogen) atoms. The maximum absolute atomic E-state index is 12.7. The number of carbonyl (C=O) groups excluding carboxylic acids is 2. The number of carbonyl (C=O) groups is 2. The minimum absolute atomic E-state index is 0.104. The molecule has 0 spiro atoms. The third kappa shape index (κ3) is 4.58. The molecular formula is C21H17NO2S. The molecule has 0 saturated carbocycles. The summed E-state index contributed by atoms with van der Waals surface area (Å²) in [7, 11) is 0. The van der Waals surface area contributed by atoms with Gasteiger partial charge in [-0.3, -0.25) is 9.59 Å². The Kier molecular flexibility index (Phi) is 5.65. The van der Waals surface area contributed by atoms with Crippen LogP contribution in [0.25, 0.3) is 0 Å². The van der Waals surface area contributed by atoms with Crippen molar-refractivity contribution in [2.75, 3.05) is 11.1 Å². The van der Waals surface area contributed by atoms with Crippen LogP contribution < -0.4 is 5.32 Å². The second-order valence-corrected chi connectivity index (χ2v) is 6.44. The molecule has 0 aliphatic carbocycles. The molecule has 1 amide bonds. The molecule has 4 heteroatoms. The van der Waals surface area contributed by atoms with Gasteiger partial charge in [-0.05, 0) is 24.3 Å². The van der Waals surface area contributed by atoms with E-state index in [1.807, 2.05) is 54.6 Å². The number of ketones is 1. The van der Waals surface area contributed by atoms with Crippen LogP contribution in [0.4, 0.5) is 5.69 Å². The highest BCUT2D eigenvalue weighted by atomic mass is 32.2. The molecule has 0 radical (unpaired) electrons. The van der Waals surface area contributed by atoms with Gasteiger partial charge in [0.2, 0.25) is 5.91 Å². The lowest BCUT2D eigenvalue weighted by atomic mass is 10.0. The van der Waals surface area contributed by atoms with Crippen molar-refractivity contribution in [3.8, 4) is 0 Å². The van der Waals surface area contributed by atoms with Crippen LogP contribution in [0, 0.1) is 0 Å². The predicted molar refractivity (Wildman–Crippen MR) is 102 cm³/mol. The summed E-state index contributed by atoms with van der Waals surface area (Å²) in [6.07, 6.45) is 0. The lowest BCUT2D eigenvalue weighted by molar-refractivity contribution is -0.113. The fourth-order valence-corrected chi connectivity index (χ4v) is 3.11. The van der Waals surface area contributed by atoms with Crippen molar-refractivity contribution in [3.05, 3.63) is 96.1 Å². The number of hydrogen-bond donors (Lipinski definition) is 1. The third-order valence-electron chi connectivity index (χ3n) is 3.59. The predicted octanol–water partition coefficient (Wildman–Crippen LogP) is 4.65. The second-order valence-electron chi connectivity index (χ2n) is 5.39. The molecule has 3 aromatic rings. The Morgan fingerprint density at radius 3 is 2.08 bits per heavy atom. The molecule has 1 N–H and O–H groups in total. The molecular weight excluding hydrogens is 330 g/mol. The van der Waals surface area contributed by atoms with E-state index in [2.05, 4.69) is 5.32 Å². The fraction of sp³-hybridized carbons (Fsp3) is 0.0476. The Hall–Kier alpha value is -2.85. The largest absolute Gasteiger partial charge is 0.325 e. The number of nitrogens with one attached hydrogen (secondary N) is 1. The van der Waals surface area contributed by atoms with Gasteiger partial charge in [-0.15, -0.1) is 11.8 Å². The summed E-state index contributed by atoms with van der Waals surface area (Å²) in [6.45, 7) is 0. The summed E-state index contributed by atoms with van der Waals surface area (Å²) in [6, 6.07) is 25.9. The van der Waals surface area contributed by atoms with Gasteiger partial charge in [0, 0.05) is 16.0 Å². The molecule has 0 aliphatic rings. The SMILES string of the molecule is O=C(CSc1ccccc1)Nc1ccccc1C(=O)c1ccccc1.